The molecule has 1 aliphatic rings. The number of likely N-dealkylation sites (N-methyl/N-ethyl adjacent to an activating group) is 1. The van der Waals surface area contributed by atoms with E-state index in [1.807, 2.05) is 35.1 Å². The molecule has 0 amide bonds. The van der Waals surface area contributed by atoms with Crippen LogP contribution in [-0.2, 0) is 13.2 Å². The summed E-state index contributed by atoms with van der Waals surface area (Å²) in [5, 5.41) is 7.43. The van der Waals surface area contributed by atoms with Gasteiger partial charge >= 0.3 is 0 Å². The number of ether oxygens (including phenoxy) is 3. The van der Waals surface area contributed by atoms with E-state index in [-0.39, 0.29) is 29.2 Å². The van der Waals surface area contributed by atoms with Crippen LogP contribution in [0.1, 0.15) is 11.1 Å². The molecule has 0 radical (unpaired) electrons. The summed E-state index contributed by atoms with van der Waals surface area (Å²) in [4.78, 5) is 13.2. The zero-order valence-corrected chi connectivity index (χ0v) is 23.3. The normalized spacial score (nSPS) is 13.7. The van der Waals surface area contributed by atoms with Gasteiger partial charge in [-0.2, -0.15) is 5.10 Å². The summed E-state index contributed by atoms with van der Waals surface area (Å²) < 4.78 is 47.7. The molecule has 0 saturated carbocycles. The van der Waals surface area contributed by atoms with E-state index < -0.39 is 11.6 Å². The zero-order chi connectivity index (χ0) is 28.8. The van der Waals surface area contributed by atoms with Crippen molar-refractivity contribution in [2.75, 3.05) is 57.2 Å². The van der Waals surface area contributed by atoms with Gasteiger partial charge in [0.05, 0.1) is 37.3 Å². The van der Waals surface area contributed by atoms with E-state index in [2.05, 4.69) is 37.2 Å². The number of piperazine rings is 1. The maximum Gasteiger partial charge on any atom is 0.227 e. The van der Waals surface area contributed by atoms with E-state index in [9.17, 15) is 8.78 Å². The molecule has 3 heterocycles. The molecule has 1 aliphatic heterocycles. The number of benzene rings is 2. The standard InChI is InChI=1S/C29H33F2N7O3/c1-20-15-26(39-3)28(31)23(27(20)30)19-41-22-17-32-29(33-18-22)35-21-5-6-24(37-11-9-36(2)10-12-37)25(16-21)40-14-13-38-8-4-7-34-38/h4-8,15-18H,9-14,19H2,1-3H3,(H,32,33,35). The monoisotopic (exact) mass is 565 g/mol. The fraction of sp³-hybridized carbons (Fsp3) is 0.345. The second kappa shape index (κ2) is 12.8. The van der Waals surface area contributed by atoms with E-state index in [0.717, 1.165) is 43.3 Å². The number of aryl methyl sites for hydroxylation is 1. The highest BCUT2D eigenvalue weighted by molar-refractivity contribution is 5.67. The van der Waals surface area contributed by atoms with Gasteiger partial charge in [0.15, 0.2) is 17.3 Å². The highest BCUT2D eigenvalue weighted by Gasteiger charge is 2.20. The van der Waals surface area contributed by atoms with Crippen molar-refractivity contribution in [1.82, 2.24) is 24.6 Å². The largest absolute Gasteiger partial charge is 0.494 e. The molecule has 0 atom stereocenters. The topological polar surface area (TPSA) is 89.8 Å². The summed E-state index contributed by atoms with van der Waals surface area (Å²) in [6.07, 6.45) is 6.53. The van der Waals surface area contributed by atoms with Crippen LogP contribution in [0.2, 0.25) is 0 Å². The Kier molecular flexibility index (Phi) is 8.78. The molecule has 0 unspecified atom stereocenters. The van der Waals surface area contributed by atoms with Crippen molar-refractivity contribution in [1.29, 1.82) is 0 Å². The van der Waals surface area contributed by atoms with Crippen molar-refractivity contribution >= 4 is 17.3 Å². The Balaban J connectivity index is 1.26. The summed E-state index contributed by atoms with van der Waals surface area (Å²) in [6.45, 7) is 6.07. The highest BCUT2D eigenvalue weighted by Crippen LogP contribution is 2.33. The average Bonchev–Trinajstić information content (AvgIpc) is 3.50. The summed E-state index contributed by atoms with van der Waals surface area (Å²) in [5.41, 5.74) is 1.83. The third-order valence-electron chi connectivity index (χ3n) is 6.87. The van der Waals surface area contributed by atoms with Gasteiger partial charge in [0.2, 0.25) is 5.95 Å². The van der Waals surface area contributed by atoms with E-state index in [1.54, 1.807) is 6.20 Å². The molecule has 0 aliphatic carbocycles. The van der Waals surface area contributed by atoms with Gasteiger partial charge in [-0.15, -0.1) is 0 Å². The molecule has 216 valence electrons. The lowest BCUT2D eigenvalue weighted by atomic mass is 10.1. The first-order chi connectivity index (χ1) is 19.9. The molecule has 12 heteroatoms. The van der Waals surface area contributed by atoms with Crippen LogP contribution in [0, 0.1) is 18.6 Å². The Morgan fingerprint density at radius 2 is 1.76 bits per heavy atom. The second-order valence-corrected chi connectivity index (χ2v) is 9.75. The van der Waals surface area contributed by atoms with Gasteiger partial charge < -0.3 is 29.3 Å². The second-order valence-electron chi connectivity index (χ2n) is 9.75. The lowest BCUT2D eigenvalue weighted by Crippen LogP contribution is -2.44. The van der Waals surface area contributed by atoms with E-state index in [4.69, 9.17) is 14.2 Å². The molecular weight excluding hydrogens is 532 g/mol. The Morgan fingerprint density at radius 3 is 2.46 bits per heavy atom. The number of rotatable bonds is 11. The number of nitrogens with zero attached hydrogens (tertiary/aromatic N) is 6. The first-order valence-electron chi connectivity index (χ1n) is 13.3. The fourth-order valence-electron chi connectivity index (χ4n) is 4.52. The molecule has 1 N–H and O–H groups in total. The van der Waals surface area contributed by atoms with Gasteiger partial charge in [0, 0.05) is 50.3 Å². The molecule has 0 spiro atoms. The molecule has 5 rings (SSSR count). The molecule has 0 bridgehead atoms. The fourth-order valence-corrected chi connectivity index (χ4v) is 4.52. The zero-order valence-electron chi connectivity index (χ0n) is 23.3. The van der Waals surface area contributed by atoms with E-state index in [1.165, 1.54) is 32.5 Å². The first kappa shape index (κ1) is 28.1. The van der Waals surface area contributed by atoms with Gasteiger partial charge in [0.25, 0.3) is 0 Å². The Labute approximate surface area is 237 Å². The molecule has 2 aromatic heterocycles. The minimum atomic E-state index is -0.794. The third kappa shape index (κ3) is 6.83. The maximum atomic E-state index is 14.6. The number of hydrogen-bond acceptors (Lipinski definition) is 9. The molecule has 10 nitrogen and oxygen atoms in total. The number of anilines is 3. The summed E-state index contributed by atoms with van der Waals surface area (Å²) in [7, 11) is 3.45. The van der Waals surface area contributed by atoms with Crippen molar-refractivity contribution in [2.45, 2.75) is 20.1 Å². The molecule has 41 heavy (non-hydrogen) atoms. The number of hydrogen-bond donors (Lipinski definition) is 1. The van der Waals surface area contributed by atoms with Gasteiger partial charge in [0.1, 0.15) is 24.8 Å². The van der Waals surface area contributed by atoms with Gasteiger partial charge in [-0.1, -0.05) is 0 Å². The lowest BCUT2D eigenvalue weighted by molar-refractivity contribution is 0.285. The number of halogens is 2. The van der Waals surface area contributed by atoms with Crippen molar-refractivity contribution in [3.8, 4) is 17.2 Å². The minimum absolute atomic E-state index is 0.0401. The van der Waals surface area contributed by atoms with E-state index >= 15 is 0 Å². The lowest BCUT2D eigenvalue weighted by Gasteiger charge is -2.35. The van der Waals surface area contributed by atoms with Crippen LogP contribution in [0.25, 0.3) is 0 Å². The quantitative estimate of drug-likeness (QED) is 0.284. The van der Waals surface area contributed by atoms with Crippen molar-refractivity contribution in [2.24, 2.45) is 0 Å². The van der Waals surface area contributed by atoms with Crippen molar-refractivity contribution in [3.05, 3.63) is 77.9 Å². The Hall–Kier alpha value is -4.45. The predicted molar refractivity (Wildman–Crippen MR) is 151 cm³/mol. The number of aromatic nitrogens is 4. The van der Waals surface area contributed by atoms with Crippen LogP contribution in [0.4, 0.5) is 26.1 Å². The Bertz CT molecular complexity index is 1440. The van der Waals surface area contributed by atoms with Crippen LogP contribution in [0.15, 0.2) is 55.1 Å². The molecule has 2 aromatic carbocycles. The average molecular weight is 566 g/mol. The van der Waals surface area contributed by atoms with Gasteiger partial charge in [-0.05, 0) is 43.8 Å². The SMILES string of the molecule is COc1cc(C)c(F)c(COc2cnc(Nc3ccc(N4CCN(C)CC4)c(OCCn4cccn4)c3)nc2)c1F. The summed E-state index contributed by atoms with van der Waals surface area (Å²) >= 11 is 0. The predicted octanol–water partition coefficient (Wildman–Crippen LogP) is 4.42. The molecule has 4 aromatic rings. The summed E-state index contributed by atoms with van der Waals surface area (Å²) in [6, 6.07) is 9.12. The first-order valence-corrected chi connectivity index (χ1v) is 13.3. The van der Waals surface area contributed by atoms with Crippen LogP contribution in [0.5, 0.6) is 17.2 Å². The summed E-state index contributed by atoms with van der Waals surface area (Å²) in [5.74, 6) is -0.154. The van der Waals surface area contributed by atoms with Crippen molar-refractivity contribution < 1.29 is 23.0 Å². The van der Waals surface area contributed by atoms with Crippen LogP contribution >= 0.6 is 0 Å². The molecule has 1 fully saturated rings. The highest BCUT2D eigenvalue weighted by atomic mass is 19.1. The van der Waals surface area contributed by atoms with Gasteiger partial charge in [-0.3, -0.25) is 4.68 Å². The van der Waals surface area contributed by atoms with Gasteiger partial charge in [-0.25, -0.2) is 18.7 Å². The van der Waals surface area contributed by atoms with Crippen LogP contribution in [0.3, 0.4) is 0 Å². The number of methoxy groups -OCH3 is 1. The smallest absolute Gasteiger partial charge is 0.227 e. The van der Waals surface area contributed by atoms with E-state index in [0.29, 0.717) is 19.1 Å². The molecule has 1 saturated heterocycles. The molecular formula is C29H33F2N7O3. The third-order valence-corrected chi connectivity index (χ3v) is 6.87. The van der Waals surface area contributed by atoms with Crippen LogP contribution in [-0.4, -0.2) is 71.6 Å². The maximum absolute atomic E-state index is 14.6. The number of nitrogens with one attached hydrogen (secondary N) is 1. The van der Waals surface area contributed by atoms with Crippen LogP contribution < -0.4 is 24.4 Å². The Morgan fingerprint density at radius 1 is 0.976 bits per heavy atom. The minimum Gasteiger partial charge on any atom is -0.494 e. The van der Waals surface area contributed by atoms with Crippen molar-refractivity contribution in [3.63, 3.8) is 0 Å².